The number of anilines is 1. The lowest BCUT2D eigenvalue weighted by Crippen LogP contribution is -2.41. The van der Waals surface area contributed by atoms with Crippen molar-refractivity contribution in [3.63, 3.8) is 0 Å². The summed E-state index contributed by atoms with van der Waals surface area (Å²) in [7, 11) is 0. The summed E-state index contributed by atoms with van der Waals surface area (Å²) in [5.41, 5.74) is 5.73. The van der Waals surface area contributed by atoms with Gasteiger partial charge in [0.1, 0.15) is 22.9 Å². The Kier molecular flexibility index (Phi) is 6.75. The van der Waals surface area contributed by atoms with Gasteiger partial charge < -0.3 is 10.5 Å². The number of carbonyl (C=O) groups excluding carboxylic acids is 2. The predicted molar refractivity (Wildman–Crippen MR) is 109 cm³/mol. The number of amides is 3. The van der Waals surface area contributed by atoms with Crippen LogP contribution in [0.2, 0.25) is 0 Å². The lowest BCUT2D eigenvalue weighted by Gasteiger charge is -2.19. The maximum Gasteiger partial charge on any atom is 0.326 e. The van der Waals surface area contributed by atoms with Gasteiger partial charge in [0.2, 0.25) is 0 Å². The summed E-state index contributed by atoms with van der Waals surface area (Å²) < 4.78 is 33.5. The van der Waals surface area contributed by atoms with Crippen molar-refractivity contribution in [3.8, 4) is 5.75 Å². The minimum absolute atomic E-state index is 0.0757. The van der Waals surface area contributed by atoms with Crippen LogP contribution in [0.15, 0.2) is 72.8 Å². The van der Waals surface area contributed by atoms with Crippen molar-refractivity contribution in [2.45, 2.75) is 12.8 Å². The number of nitrogens with zero attached hydrogens (tertiary/aromatic N) is 1. The molecule has 0 atom stereocenters. The Morgan fingerprint density at radius 3 is 2.10 bits per heavy atom. The molecule has 0 bridgehead atoms. The van der Waals surface area contributed by atoms with E-state index in [1.807, 2.05) is 30.3 Å². The van der Waals surface area contributed by atoms with Crippen molar-refractivity contribution in [1.29, 1.82) is 0 Å². The minimum atomic E-state index is -1.19. The molecule has 0 aliphatic rings. The Hall–Kier alpha value is -3.74. The van der Waals surface area contributed by atoms with E-state index in [1.165, 1.54) is 17.7 Å². The van der Waals surface area contributed by atoms with Gasteiger partial charge in [-0.2, -0.15) is 0 Å². The highest BCUT2D eigenvalue weighted by atomic mass is 19.1. The van der Waals surface area contributed by atoms with Crippen molar-refractivity contribution in [2.75, 3.05) is 11.5 Å². The zero-order valence-electron chi connectivity index (χ0n) is 16.1. The molecule has 0 unspecified atom stereocenters. The second-order valence-electron chi connectivity index (χ2n) is 6.51. The van der Waals surface area contributed by atoms with Crippen molar-refractivity contribution in [1.82, 2.24) is 0 Å². The van der Waals surface area contributed by atoms with Gasteiger partial charge in [0.25, 0.3) is 5.91 Å². The van der Waals surface area contributed by atoms with Gasteiger partial charge in [-0.25, -0.2) is 18.5 Å². The average Bonchev–Trinajstić information content (AvgIpc) is 2.73. The highest BCUT2D eigenvalue weighted by Crippen LogP contribution is 2.23. The largest absolute Gasteiger partial charge is 0.494 e. The van der Waals surface area contributed by atoms with E-state index in [1.54, 1.807) is 12.1 Å². The highest BCUT2D eigenvalue weighted by molar-refractivity contribution is 6.20. The van der Waals surface area contributed by atoms with Gasteiger partial charge in [-0.3, -0.25) is 4.79 Å². The molecule has 0 fully saturated rings. The third-order valence-corrected chi connectivity index (χ3v) is 4.42. The molecule has 0 radical (unpaired) electrons. The van der Waals surface area contributed by atoms with Crippen LogP contribution < -0.4 is 15.4 Å². The summed E-state index contributed by atoms with van der Waals surface area (Å²) in [6.07, 6.45) is 1.68. The third kappa shape index (κ3) is 5.00. The molecule has 2 N–H and O–H groups in total. The molecule has 30 heavy (non-hydrogen) atoms. The van der Waals surface area contributed by atoms with Gasteiger partial charge in [-0.05, 0) is 54.8 Å². The number of ether oxygens (including phenoxy) is 1. The molecule has 0 aliphatic carbocycles. The molecule has 0 heterocycles. The summed E-state index contributed by atoms with van der Waals surface area (Å²) >= 11 is 0. The van der Waals surface area contributed by atoms with Crippen LogP contribution >= 0.6 is 0 Å². The second kappa shape index (κ2) is 9.65. The van der Waals surface area contributed by atoms with Crippen molar-refractivity contribution in [3.05, 3.63) is 95.6 Å². The maximum absolute atomic E-state index is 13.9. The predicted octanol–water partition coefficient (Wildman–Crippen LogP) is 4.70. The van der Waals surface area contributed by atoms with Crippen molar-refractivity contribution < 1.29 is 23.1 Å². The Morgan fingerprint density at radius 1 is 0.867 bits per heavy atom. The zero-order valence-corrected chi connectivity index (χ0v) is 16.1. The van der Waals surface area contributed by atoms with E-state index in [2.05, 4.69) is 0 Å². The fourth-order valence-corrected chi connectivity index (χ4v) is 2.96. The van der Waals surface area contributed by atoms with Gasteiger partial charge in [0, 0.05) is 0 Å². The normalized spacial score (nSPS) is 10.5. The Labute approximate surface area is 172 Å². The highest BCUT2D eigenvalue weighted by Gasteiger charge is 2.27. The lowest BCUT2D eigenvalue weighted by atomic mass is 10.1. The summed E-state index contributed by atoms with van der Waals surface area (Å²) in [4.78, 5) is 24.9. The fourth-order valence-electron chi connectivity index (χ4n) is 2.96. The van der Waals surface area contributed by atoms with Crippen LogP contribution in [-0.4, -0.2) is 18.5 Å². The number of nitrogens with two attached hydrogens (primary N) is 1. The molecule has 0 aliphatic heterocycles. The number of aryl methyl sites for hydroxylation is 1. The molecule has 0 aromatic heterocycles. The molecule has 3 aromatic carbocycles. The molecule has 5 nitrogen and oxygen atoms in total. The average molecular weight is 410 g/mol. The quantitative estimate of drug-likeness (QED) is 0.574. The molecule has 3 amide bonds. The van der Waals surface area contributed by atoms with Gasteiger partial charge in [-0.1, -0.05) is 36.4 Å². The third-order valence-electron chi connectivity index (χ3n) is 4.42. The van der Waals surface area contributed by atoms with Crippen molar-refractivity contribution in [2.24, 2.45) is 5.73 Å². The fraction of sp³-hybridized carbons (Fsp3) is 0.130. The first kappa shape index (κ1) is 21.0. The topological polar surface area (TPSA) is 72.6 Å². The van der Waals surface area contributed by atoms with Crippen LogP contribution in [0.1, 0.15) is 22.3 Å². The van der Waals surface area contributed by atoms with E-state index < -0.39 is 29.1 Å². The van der Waals surface area contributed by atoms with Crippen LogP contribution in [0, 0.1) is 11.6 Å². The van der Waals surface area contributed by atoms with Crippen molar-refractivity contribution >= 4 is 17.6 Å². The van der Waals surface area contributed by atoms with Gasteiger partial charge in [0.05, 0.1) is 12.3 Å². The SMILES string of the molecule is NC(=O)N(C(=O)c1c(F)cccc1F)c1ccc(OCCCc2ccccc2)cc1. The number of hydrogen-bond acceptors (Lipinski definition) is 3. The summed E-state index contributed by atoms with van der Waals surface area (Å²) in [6.45, 7) is 0.479. The van der Waals surface area contributed by atoms with E-state index in [0.717, 1.165) is 31.0 Å². The maximum atomic E-state index is 13.9. The van der Waals surface area contributed by atoms with Crippen LogP contribution in [0.3, 0.4) is 0 Å². The summed E-state index contributed by atoms with van der Waals surface area (Å²) in [5.74, 6) is -2.82. The molecule has 3 aromatic rings. The molecule has 0 spiro atoms. The number of hydrogen-bond donors (Lipinski definition) is 1. The number of primary amides is 1. The number of imide groups is 1. The standard InChI is InChI=1S/C23H20F2N2O3/c24-19-9-4-10-20(25)21(19)22(28)27(23(26)29)17-11-13-18(14-12-17)30-15-5-8-16-6-2-1-3-7-16/h1-4,6-7,9-14H,5,8,15H2,(H2,26,29). The zero-order chi connectivity index (χ0) is 21.5. The molecule has 154 valence electrons. The molecule has 7 heteroatoms. The van der Waals surface area contributed by atoms with Gasteiger partial charge >= 0.3 is 6.03 Å². The molecular formula is C23H20F2N2O3. The first-order valence-electron chi connectivity index (χ1n) is 9.32. The minimum Gasteiger partial charge on any atom is -0.494 e. The smallest absolute Gasteiger partial charge is 0.326 e. The molecule has 0 saturated heterocycles. The number of benzene rings is 3. The van der Waals surface area contributed by atoms with E-state index in [4.69, 9.17) is 10.5 Å². The van der Waals surface area contributed by atoms with Crippen LogP contribution in [0.4, 0.5) is 19.3 Å². The second-order valence-corrected chi connectivity index (χ2v) is 6.51. The summed E-state index contributed by atoms with van der Waals surface area (Å²) in [5, 5.41) is 0. The first-order valence-corrected chi connectivity index (χ1v) is 9.32. The number of carbonyl (C=O) groups is 2. The Bertz CT molecular complexity index is 1000. The van der Waals surface area contributed by atoms with Gasteiger partial charge in [0.15, 0.2) is 0 Å². The van der Waals surface area contributed by atoms with Gasteiger partial charge in [-0.15, -0.1) is 0 Å². The van der Waals surface area contributed by atoms with Crippen LogP contribution in [0.5, 0.6) is 5.75 Å². The van der Waals surface area contributed by atoms with Crippen LogP contribution in [-0.2, 0) is 6.42 Å². The summed E-state index contributed by atoms with van der Waals surface area (Å²) in [6, 6.07) is 17.8. The number of halogens is 2. The van der Waals surface area contributed by atoms with E-state index in [9.17, 15) is 18.4 Å². The van der Waals surface area contributed by atoms with E-state index in [-0.39, 0.29) is 5.69 Å². The number of rotatable bonds is 7. The van der Waals surface area contributed by atoms with E-state index in [0.29, 0.717) is 17.3 Å². The van der Waals surface area contributed by atoms with Crippen LogP contribution in [0.25, 0.3) is 0 Å². The molecular weight excluding hydrogens is 390 g/mol. The first-order chi connectivity index (χ1) is 14.5. The Balaban J connectivity index is 1.66. The number of urea groups is 1. The monoisotopic (exact) mass is 410 g/mol. The molecule has 0 saturated carbocycles. The van der Waals surface area contributed by atoms with E-state index >= 15 is 0 Å². The lowest BCUT2D eigenvalue weighted by molar-refractivity contribution is 0.0987. The Morgan fingerprint density at radius 2 is 1.50 bits per heavy atom. The molecule has 3 rings (SSSR count).